The fourth-order valence-corrected chi connectivity index (χ4v) is 2.42. The summed E-state index contributed by atoms with van der Waals surface area (Å²) >= 11 is 0. The fraction of sp³-hybridized carbons (Fsp3) is 0.923. The average molecular weight is 226 g/mol. The average Bonchev–Trinajstić information content (AvgIpc) is 2.75. The molecule has 1 aliphatic rings. The van der Waals surface area contributed by atoms with Crippen molar-refractivity contribution in [3.63, 3.8) is 0 Å². The molecular formula is C13H26N2O. The smallest absolute Gasteiger partial charge is 0.222 e. The van der Waals surface area contributed by atoms with E-state index in [1.165, 1.54) is 25.7 Å². The molecule has 3 heteroatoms. The number of hydrogen-bond donors (Lipinski definition) is 1. The van der Waals surface area contributed by atoms with E-state index in [1.807, 2.05) is 4.90 Å². The second kappa shape index (κ2) is 6.89. The number of nitrogens with two attached hydrogens (primary N) is 1. The molecule has 0 aliphatic heterocycles. The minimum absolute atomic E-state index is 0.311. The van der Waals surface area contributed by atoms with Crippen molar-refractivity contribution >= 4 is 5.91 Å². The van der Waals surface area contributed by atoms with Gasteiger partial charge in [-0.25, -0.2) is 0 Å². The topological polar surface area (TPSA) is 46.3 Å². The standard InChI is InChI=1S/C13H26N2O/c1-11(2)7-8-13(16)15(10-9-14)12-5-3-4-6-12/h11-12H,3-10,14H2,1-2H3. The predicted molar refractivity (Wildman–Crippen MR) is 67.1 cm³/mol. The first-order valence-electron chi connectivity index (χ1n) is 6.64. The molecule has 0 aromatic carbocycles. The van der Waals surface area contributed by atoms with Crippen LogP contribution in [0.15, 0.2) is 0 Å². The lowest BCUT2D eigenvalue weighted by atomic mass is 10.1. The van der Waals surface area contributed by atoms with E-state index in [-0.39, 0.29) is 0 Å². The van der Waals surface area contributed by atoms with Gasteiger partial charge in [-0.2, -0.15) is 0 Å². The fourth-order valence-electron chi connectivity index (χ4n) is 2.42. The summed E-state index contributed by atoms with van der Waals surface area (Å²) in [6.07, 6.45) is 6.56. The van der Waals surface area contributed by atoms with Crippen molar-refractivity contribution in [2.45, 2.75) is 58.4 Å². The summed E-state index contributed by atoms with van der Waals surface area (Å²) in [6.45, 7) is 5.65. The quantitative estimate of drug-likeness (QED) is 0.754. The van der Waals surface area contributed by atoms with Crippen LogP contribution < -0.4 is 5.73 Å². The van der Waals surface area contributed by atoms with Crippen LogP contribution in [0.4, 0.5) is 0 Å². The molecule has 1 saturated carbocycles. The molecule has 0 saturated heterocycles. The maximum atomic E-state index is 12.1. The summed E-state index contributed by atoms with van der Waals surface area (Å²) in [4.78, 5) is 14.1. The Morgan fingerprint density at radius 1 is 1.38 bits per heavy atom. The summed E-state index contributed by atoms with van der Waals surface area (Å²) < 4.78 is 0. The van der Waals surface area contributed by atoms with Crippen LogP contribution in [0, 0.1) is 5.92 Å². The van der Waals surface area contributed by atoms with Crippen LogP contribution in [0.3, 0.4) is 0 Å². The highest BCUT2D eigenvalue weighted by atomic mass is 16.2. The molecule has 1 rings (SSSR count). The predicted octanol–water partition coefficient (Wildman–Crippen LogP) is 2.15. The summed E-state index contributed by atoms with van der Waals surface area (Å²) in [5.74, 6) is 0.915. The van der Waals surface area contributed by atoms with Crippen molar-refractivity contribution in [1.29, 1.82) is 0 Å². The monoisotopic (exact) mass is 226 g/mol. The lowest BCUT2D eigenvalue weighted by Gasteiger charge is -2.29. The van der Waals surface area contributed by atoms with Gasteiger partial charge in [0, 0.05) is 25.6 Å². The minimum atomic E-state index is 0.311. The Bertz CT molecular complexity index is 210. The number of nitrogens with zero attached hydrogens (tertiary/aromatic N) is 1. The third-order valence-corrected chi connectivity index (χ3v) is 3.39. The zero-order chi connectivity index (χ0) is 12.0. The van der Waals surface area contributed by atoms with Gasteiger partial charge in [-0.3, -0.25) is 4.79 Å². The van der Waals surface area contributed by atoms with Gasteiger partial charge in [0.05, 0.1) is 0 Å². The largest absolute Gasteiger partial charge is 0.338 e. The van der Waals surface area contributed by atoms with Gasteiger partial charge < -0.3 is 10.6 Å². The molecule has 0 spiro atoms. The molecule has 1 aliphatic carbocycles. The summed E-state index contributed by atoms with van der Waals surface area (Å²) in [5, 5.41) is 0. The molecule has 0 radical (unpaired) electrons. The number of hydrogen-bond acceptors (Lipinski definition) is 2. The molecule has 3 nitrogen and oxygen atoms in total. The van der Waals surface area contributed by atoms with Gasteiger partial charge in [0.2, 0.25) is 5.91 Å². The summed E-state index contributed by atoms with van der Waals surface area (Å²) in [5.41, 5.74) is 5.60. The van der Waals surface area contributed by atoms with E-state index in [4.69, 9.17) is 5.73 Å². The summed E-state index contributed by atoms with van der Waals surface area (Å²) in [6, 6.07) is 0.475. The maximum Gasteiger partial charge on any atom is 0.222 e. The Labute approximate surface area is 99.4 Å². The third-order valence-electron chi connectivity index (χ3n) is 3.39. The normalized spacial score (nSPS) is 17.0. The molecular weight excluding hydrogens is 200 g/mol. The van der Waals surface area contributed by atoms with Crippen LogP contribution in [0.1, 0.15) is 52.4 Å². The van der Waals surface area contributed by atoms with Gasteiger partial charge in [-0.1, -0.05) is 26.7 Å². The molecule has 0 unspecified atom stereocenters. The zero-order valence-corrected chi connectivity index (χ0v) is 10.7. The first kappa shape index (κ1) is 13.5. The Kier molecular flexibility index (Phi) is 5.81. The first-order valence-corrected chi connectivity index (χ1v) is 6.64. The van der Waals surface area contributed by atoms with Crippen LogP contribution in [0.5, 0.6) is 0 Å². The molecule has 0 aromatic heterocycles. The van der Waals surface area contributed by atoms with E-state index in [2.05, 4.69) is 13.8 Å². The number of amides is 1. The highest BCUT2D eigenvalue weighted by Gasteiger charge is 2.25. The van der Waals surface area contributed by atoms with Crippen LogP contribution in [0.25, 0.3) is 0 Å². The Morgan fingerprint density at radius 2 is 2.00 bits per heavy atom. The van der Waals surface area contributed by atoms with E-state index < -0.39 is 0 Å². The number of carbonyl (C=O) groups is 1. The van der Waals surface area contributed by atoms with Crippen LogP contribution in [-0.4, -0.2) is 29.9 Å². The van der Waals surface area contributed by atoms with Gasteiger partial charge in [0.1, 0.15) is 0 Å². The van der Waals surface area contributed by atoms with Crippen molar-refractivity contribution in [3.05, 3.63) is 0 Å². The molecule has 0 atom stereocenters. The van der Waals surface area contributed by atoms with Crippen molar-refractivity contribution in [2.24, 2.45) is 11.7 Å². The number of carbonyl (C=O) groups excluding carboxylic acids is 1. The molecule has 1 fully saturated rings. The van der Waals surface area contributed by atoms with E-state index in [1.54, 1.807) is 0 Å². The lowest BCUT2D eigenvalue weighted by Crippen LogP contribution is -2.41. The molecule has 0 bridgehead atoms. The van der Waals surface area contributed by atoms with Gasteiger partial charge in [0.25, 0.3) is 0 Å². The van der Waals surface area contributed by atoms with Crippen molar-refractivity contribution in [1.82, 2.24) is 4.90 Å². The Balaban J connectivity index is 2.44. The van der Waals surface area contributed by atoms with Crippen molar-refractivity contribution < 1.29 is 4.79 Å². The lowest BCUT2D eigenvalue weighted by molar-refractivity contribution is -0.133. The van der Waals surface area contributed by atoms with Gasteiger partial charge in [0.15, 0.2) is 0 Å². The van der Waals surface area contributed by atoms with Gasteiger partial charge in [-0.05, 0) is 25.2 Å². The summed E-state index contributed by atoms with van der Waals surface area (Å²) in [7, 11) is 0. The second-order valence-electron chi connectivity index (χ2n) is 5.25. The number of rotatable bonds is 6. The van der Waals surface area contributed by atoms with E-state index in [0.717, 1.165) is 13.0 Å². The molecule has 2 N–H and O–H groups in total. The van der Waals surface area contributed by atoms with E-state index in [0.29, 0.717) is 30.8 Å². The molecule has 1 amide bonds. The van der Waals surface area contributed by atoms with Crippen molar-refractivity contribution in [3.8, 4) is 0 Å². The molecule has 16 heavy (non-hydrogen) atoms. The molecule has 94 valence electrons. The highest BCUT2D eigenvalue weighted by Crippen LogP contribution is 2.24. The highest BCUT2D eigenvalue weighted by molar-refractivity contribution is 5.76. The maximum absolute atomic E-state index is 12.1. The van der Waals surface area contributed by atoms with Crippen LogP contribution >= 0.6 is 0 Å². The van der Waals surface area contributed by atoms with Crippen molar-refractivity contribution in [2.75, 3.05) is 13.1 Å². The molecule has 0 heterocycles. The van der Waals surface area contributed by atoms with Crippen LogP contribution in [-0.2, 0) is 4.79 Å². The van der Waals surface area contributed by atoms with E-state index in [9.17, 15) is 4.79 Å². The zero-order valence-electron chi connectivity index (χ0n) is 10.7. The molecule has 0 aromatic rings. The van der Waals surface area contributed by atoms with Crippen LogP contribution in [0.2, 0.25) is 0 Å². The minimum Gasteiger partial charge on any atom is -0.338 e. The SMILES string of the molecule is CC(C)CCC(=O)N(CCN)C1CCCC1. The van der Waals surface area contributed by atoms with Gasteiger partial charge >= 0.3 is 0 Å². The van der Waals surface area contributed by atoms with Gasteiger partial charge in [-0.15, -0.1) is 0 Å². The first-order chi connectivity index (χ1) is 7.65. The second-order valence-corrected chi connectivity index (χ2v) is 5.25. The Morgan fingerprint density at radius 3 is 2.50 bits per heavy atom. The Hall–Kier alpha value is -0.570. The van der Waals surface area contributed by atoms with E-state index >= 15 is 0 Å². The third kappa shape index (κ3) is 4.12.